The summed E-state index contributed by atoms with van der Waals surface area (Å²) in [5.41, 5.74) is 5.98. The van der Waals surface area contributed by atoms with Crippen LogP contribution in [0.3, 0.4) is 0 Å². The highest BCUT2D eigenvalue weighted by Crippen LogP contribution is 2.19. The molecule has 4 nitrogen and oxygen atoms in total. The molecular formula is C13H17F3N2O2. The van der Waals surface area contributed by atoms with Gasteiger partial charge >= 0.3 is 6.18 Å². The van der Waals surface area contributed by atoms with Crippen molar-refractivity contribution in [3.63, 3.8) is 0 Å². The molecule has 1 aromatic rings. The Morgan fingerprint density at radius 2 is 2.05 bits per heavy atom. The summed E-state index contributed by atoms with van der Waals surface area (Å²) in [5, 5.41) is 0. The Balaban J connectivity index is 2.63. The number of ether oxygens (including phenoxy) is 1. The van der Waals surface area contributed by atoms with Crippen LogP contribution in [0.25, 0.3) is 0 Å². The highest BCUT2D eigenvalue weighted by Gasteiger charge is 2.34. The average molecular weight is 290 g/mol. The molecule has 1 amide bonds. The van der Waals surface area contributed by atoms with Gasteiger partial charge in [0.15, 0.2) is 6.61 Å². The number of benzene rings is 1. The van der Waals surface area contributed by atoms with Crippen LogP contribution in [0.1, 0.15) is 13.8 Å². The molecule has 0 unspecified atom stereocenters. The van der Waals surface area contributed by atoms with Gasteiger partial charge in [-0.1, -0.05) is 6.07 Å². The summed E-state index contributed by atoms with van der Waals surface area (Å²) in [6.07, 6.45) is -4.43. The minimum absolute atomic E-state index is 0.342. The van der Waals surface area contributed by atoms with Crippen molar-refractivity contribution in [1.29, 1.82) is 0 Å². The standard InChI is InChI=1S/C13H17F3N2O2/c1-9(2)18(8-13(14,15)16)12(19)7-20-11-5-3-4-10(17)6-11/h3-6,9H,7-8,17H2,1-2H3. The Morgan fingerprint density at radius 3 is 2.55 bits per heavy atom. The number of nitrogen functional groups attached to an aromatic ring is 1. The summed E-state index contributed by atoms with van der Waals surface area (Å²) in [6.45, 7) is 1.29. The number of carbonyl (C=O) groups is 1. The lowest BCUT2D eigenvalue weighted by molar-refractivity contribution is -0.165. The van der Waals surface area contributed by atoms with E-state index in [-0.39, 0.29) is 0 Å². The Bertz CT molecular complexity index is 461. The SMILES string of the molecule is CC(C)N(CC(F)(F)F)C(=O)COc1cccc(N)c1. The summed E-state index contributed by atoms with van der Waals surface area (Å²) in [5.74, 6) is -0.381. The van der Waals surface area contributed by atoms with E-state index in [2.05, 4.69) is 0 Å². The van der Waals surface area contributed by atoms with E-state index >= 15 is 0 Å². The molecule has 7 heteroatoms. The molecule has 0 aliphatic carbocycles. The first-order valence-electron chi connectivity index (χ1n) is 6.03. The number of hydrogen-bond acceptors (Lipinski definition) is 3. The molecular weight excluding hydrogens is 273 g/mol. The lowest BCUT2D eigenvalue weighted by Crippen LogP contribution is -2.45. The van der Waals surface area contributed by atoms with Gasteiger partial charge in [0.05, 0.1) is 0 Å². The molecule has 0 heterocycles. The lowest BCUT2D eigenvalue weighted by Gasteiger charge is -2.27. The predicted molar refractivity (Wildman–Crippen MR) is 69.3 cm³/mol. The fourth-order valence-electron chi connectivity index (χ4n) is 1.58. The van der Waals surface area contributed by atoms with Crippen molar-refractivity contribution >= 4 is 11.6 Å². The smallest absolute Gasteiger partial charge is 0.406 e. The van der Waals surface area contributed by atoms with E-state index in [4.69, 9.17) is 10.5 Å². The van der Waals surface area contributed by atoms with Gasteiger partial charge in [-0.3, -0.25) is 4.79 Å². The minimum Gasteiger partial charge on any atom is -0.484 e. The zero-order valence-electron chi connectivity index (χ0n) is 11.3. The summed E-state index contributed by atoms with van der Waals surface area (Å²) < 4.78 is 42.3. The fourth-order valence-corrected chi connectivity index (χ4v) is 1.58. The van der Waals surface area contributed by atoms with Gasteiger partial charge in [0.1, 0.15) is 12.3 Å². The van der Waals surface area contributed by atoms with E-state index in [1.807, 2.05) is 0 Å². The molecule has 0 fully saturated rings. The van der Waals surface area contributed by atoms with Crippen molar-refractivity contribution in [3.05, 3.63) is 24.3 Å². The van der Waals surface area contributed by atoms with E-state index in [0.29, 0.717) is 11.4 Å². The Morgan fingerprint density at radius 1 is 1.40 bits per heavy atom. The van der Waals surface area contributed by atoms with Gasteiger partial charge in [-0.25, -0.2) is 0 Å². The highest BCUT2D eigenvalue weighted by molar-refractivity contribution is 5.78. The van der Waals surface area contributed by atoms with E-state index in [0.717, 1.165) is 4.90 Å². The zero-order valence-corrected chi connectivity index (χ0v) is 11.3. The van der Waals surface area contributed by atoms with Crippen LogP contribution in [0.5, 0.6) is 5.75 Å². The molecule has 0 bridgehead atoms. The number of nitrogens with zero attached hydrogens (tertiary/aromatic N) is 1. The second-order valence-electron chi connectivity index (χ2n) is 4.59. The van der Waals surface area contributed by atoms with Crippen LogP contribution in [0.15, 0.2) is 24.3 Å². The Kier molecular flexibility index (Phi) is 5.24. The first-order chi connectivity index (χ1) is 9.19. The third-order valence-corrected chi connectivity index (χ3v) is 2.51. The largest absolute Gasteiger partial charge is 0.484 e. The topological polar surface area (TPSA) is 55.6 Å². The fraction of sp³-hybridized carbons (Fsp3) is 0.462. The van der Waals surface area contributed by atoms with Crippen molar-refractivity contribution in [3.8, 4) is 5.75 Å². The maximum Gasteiger partial charge on any atom is 0.406 e. The Hall–Kier alpha value is -1.92. The van der Waals surface area contributed by atoms with Crippen LogP contribution in [0.2, 0.25) is 0 Å². The van der Waals surface area contributed by atoms with Crippen LogP contribution in [0.4, 0.5) is 18.9 Å². The number of carbonyl (C=O) groups excluding carboxylic acids is 1. The van der Waals surface area contributed by atoms with Crippen molar-refractivity contribution in [2.24, 2.45) is 0 Å². The number of rotatable bonds is 5. The maximum atomic E-state index is 12.4. The van der Waals surface area contributed by atoms with E-state index < -0.39 is 31.3 Å². The molecule has 0 aromatic heterocycles. The van der Waals surface area contributed by atoms with Gasteiger partial charge in [-0.2, -0.15) is 13.2 Å². The summed E-state index contributed by atoms with van der Waals surface area (Å²) in [4.78, 5) is 12.5. The number of nitrogens with two attached hydrogens (primary N) is 1. The summed E-state index contributed by atoms with van der Waals surface area (Å²) >= 11 is 0. The van der Waals surface area contributed by atoms with Crippen molar-refractivity contribution < 1.29 is 22.7 Å². The zero-order chi connectivity index (χ0) is 15.3. The number of hydrogen-bond donors (Lipinski definition) is 1. The normalized spacial score (nSPS) is 11.5. The van der Waals surface area contributed by atoms with Gasteiger partial charge < -0.3 is 15.4 Å². The minimum atomic E-state index is -4.43. The van der Waals surface area contributed by atoms with Crippen molar-refractivity contribution in [1.82, 2.24) is 4.90 Å². The van der Waals surface area contributed by atoms with Crippen LogP contribution >= 0.6 is 0 Å². The first-order valence-corrected chi connectivity index (χ1v) is 6.03. The summed E-state index contributed by atoms with van der Waals surface area (Å²) in [6, 6.07) is 5.78. The summed E-state index contributed by atoms with van der Waals surface area (Å²) in [7, 11) is 0. The maximum absolute atomic E-state index is 12.4. The lowest BCUT2D eigenvalue weighted by atomic mass is 10.3. The molecule has 0 spiro atoms. The van der Waals surface area contributed by atoms with Crippen LogP contribution in [0, 0.1) is 0 Å². The number of halogens is 3. The molecule has 1 rings (SSSR count). The molecule has 2 N–H and O–H groups in total. The molecule has 0 aliphatic rings. The molecule has 20 heavy (non-hydrogen) atoms. The molecule has 0 aliphatic heterocycles. The third kappa shape index (κ3) is 5.38. The van der Waals surface area contributed by atoms with Gasteiger partial charge in [0.25, 0.3) is 5.91 Å². The predicted octanol–water partition coefficient (Wildman–Crippen LogP) is 2.45. The van der Waals surface area contributed by atoms with Crippen LogP contribution in [-0.4, -0.2) is 36.2 Å². The molecule has 1 aromatic carbocycles. The van der Waals surface area contributed by atoms with E-state index in [1.165, 1.54) is 19.9 Å². The first kappa shape index (κ1) is 16.1. The molecule has 0 saturated heterocycles. The molecule has 0 radical (unpaired) electrons. The van der Waals surface area contributed by atoms with Gasteiger partial charge in [0.2, 0.25) is 0 Å². The molecule has 0 atom stereocenters. The monoisotopic (exact) mass is 290 g/mol. The van der Waals surface area contributed by atoms with Crippen LogP contribution in [-0.2, 0) is 4.79 Å². The Labute approximate surface area is 115 Å². The molecule has 112 valence electrons. The second kappa shape index (κ2) is 6.49. The average Bonchev–Trinajstić information content (AvgIpc) is 2.32. The second-order valence-corrected chi connectivity index (χ2v) is 4.59. The molecule has 0 saturated carbocycles. The number of amides is 1. The number of alkyl halides is 3. The van der Waals surface area contributed by atoms with Gasteiger partial charge in [0, 0.05) is 17.8 Å². The van der Waals surface area contributed by atoms with Crippen molar-refractivity contribution in [2.45, 2.75) is 26.1 Å². The van der Waals surface area contributed by atoms with Gasteiger partial charge in [-0.05, 0) is 26.0 Å². The third-order valence-electron chi connectivity index (χ3n) is 2.51. The van der Waals surface area contributed by atoms with Gasteiger partial charge in [-0.15, -0.1) is 0 Å². The quantitative estimate of drug-likeness (QED) is 0.847. The van der Waals surface area contributed by atoms with E-state index in [9.17, 15) is 18.0 Å². The van der Waals surface area contributed by atoms with E-state index in [1.54, 1.807) is 18.2 Å². The van der Waals surface area contributed by atoms with Crippen LogP contribution < -0.4 is 10.5 Å². The number of anilines is 1. The highest BCUT2D eigenvalue weighted by atomic mass is 19.4. The van der Waals surface area contributed by atoms with Crippen molar-refractivity contribution in [2.75, 3.05) is 18.9 Å².